The van der Waals surface area contributed by atoms with Crippen LogP contribution in [0.4, 0.5) is 13.2 Å². The van der Waals surface area contributed by atoms with Crippen molar-refractivity contribution in [1.29, 1.82) is 0 Å². The SMILES string of the molecule is FC(F)(F)c1cccc(C/C=C2/CCCN(Cc3cnc4ccccn34)C2)c1. The number of allylic oxidation sites excluding steroid dienone is 1. The average Bonchev–Trinajstić information content (AvgIpc) is 3.09. The van der Waals surface area contributed by atoms with Crippen molar-refractivity contribution in [3.8, 4) is 0 Å². The normalized spacial score (nSPS) is 17.5. The standard InChI is InChI=1S/C22H22F3N3/c23-22(24,25)19-7-3-5-17(13-19)9-10-18-6-4-11-27(15-18)16-20-14-26-21-8-1-2-12-28(20)21/h1-3,5,7-8,10,12-14H,4,6,9,11,15-16H2/b18-10-. The Kier molecular flexibility index (Phi) is 5.22. The third-order valence-electron chi connectivity index (χ3n) is 5.16. The van der Waals surface area contributed by atoms with Gasteiger partial charge in [-0.15, -0.1) is 0 Å². The van der Waals surface area contributed by atoms with Gasteiger partial charge >= 0.3 is 6.18 Å². The third-order valence-corrected chi connectivity index (χ3v) is 5.16. The number of pyridine rings is 1. The number of benzene rings is 1. The van der Waals surface area contributed by atoms with Crippen molar-refractivity contribution in [2.75, 3.05) is 13.1 Å². The lowest BCUT2D eigenvalue weighted by Gasteiger charge is -2.28. The molecule has 0 spiro atoms. The second-order valence-electron chi connectivity index (χ2n) is 7.26. The molecule has 2 aromatic heterocycles. The van der Waals surface area contributed by atoms with E-state index in [9.17, 15) is 13.2 Å². The van der Waals surface area contributed by atoms with E-state index in [1.54, 1.807) is 6.07 Å². The molecule has 146 valence electrons. The van der Waals surface area contributed by atoms with E-state index in [1.165, 1.54) is 17.7 Å². The molecular formula is C22H22F3N3. The summed E-state index contributed by atoms with van der Waals surface area (Å²) in [5.74, 6) is 0. The number of aromatic nitrogens is 2. The fourth-order valence-electron chi connectivity index (χ4n) is 3.74. The van der Waals surface area contributed by atoms with E-state index in [0.717, 1.165) is 49.9 Å². The van der Waals surface area contributed by atoms with Gasteiger partial charge in [0.2, 0.25) is 0 Å². The van der Waals surface area contributed by atoms with Crippen molar-refractivity contribution in [1.82, 2.24) is 14.3 Å². The van der Waals surface area contributed by atoms with Crippen molar-refractivity contribution in [2.45, 2.75) is 32.0 Å². The molecule has 3 nitrogen and oxygen atoms in total. The maximum Gasteiger partial charge on any atom is 0.416 e. The fraction of sp³-hybridized carbons (Fsp3) is 0.318. The molecule has 0 radical (unpaired) electrons. The van der Waals surface area contributed by atoms with Gasteiger partial charge in [0, 0.05) is 19.3 Å². The maximum atomic E-state index is 12.9. The zero-order valence-electron chi connectivity index (χ0n) is 15.5. The first-order chi connectivity index (χ1) is 13.5. The molecule has 6 heteroatoms. The Balaban J connectivity index is 1.42. The van der Waals surface area contributed by atoms with Gasteiger partial charge in [-0.1, -0.05) is 35.9 Å². The van der Waals surface area contributed by atoms with Crippen molar-refractivity contribution >= 4 is 5.65 Å². The molecule has 1 aliphatic heterocycles. The second-order valence-corrected chi connectivity index (χ2v) is 7.26. The molecule has 3 aromatic rings. The zero-order valence-corrected chi connectivity index (χ0v) is 15.5. The van der Waals surface area contributed by atoms with Gasteiger partial charge in [-0.05, 0) is 49.6 Å². The highest BCUT2D eigenvalue weighted by Gasteiger charge is 2.30. The van der Waals surface area contributed by atoms with Crippen molar-refractivity contribution < 1.29 is 13.2 Å². The Labute approximate surface area is 162 Å². The molecule has 4 rings (SSSR count). The van der Waals surface area contributed by atoms with Crippen LogP contribution in [0.5, 0.6) is 0 Å². The van der Waals surface area contributed by atoms with Crippen molar-refractivity contribution in [3.05, 3.63) is 83.3 Å². The summed E-state index contributed by atoms with van der Waals surface area (Å²) in [6.07, 6.45) is 4.33. The average molecular weight is 385 g/mol. The molecule has 1 fully saturated rings. The van der Waals surface area contributed by atoms with Gasteiger partial charge in [0.25, 0.3) is 0 Å². The minimum Gasteiger partial charge on any atom is -0.303 e. The summed E-state index contributed by atoms with van der Waals surface area (Å²) < 4.78 is 40.7. The fourth-order valence-corrected chi connectivity index (χ4v) is 3.74. The van der Waals surface area contributed by atoms with E-state index in [2.05, 4.69) is 20.4 Å². The molecule has 0 N–H and O–H groups in total. The van der Waals surface area contributed by atoms with Gasteiger partial charge in [0.15, 0.2) is 0 Å². The number of imidazole rings is 1. The van der Waals surface area contributed by atoms with Crippen LogP contribution in [0.25, 0.3) is 5.65 Å². The lowest BCUT2D eigenvalue weighted by atomic mass is 10.0. The molecule has 0 bridgehead atoms. The van der Waals surface area contributed by atoms with Crippen LogP contribution in [0.15, 0.2) is 66.5 Å². The third kappa shape index (κ3) is 4.28. The first-order valence-corrected chi connectivity index (χ1v) is 9.46. The smallest absolute Gasteiger partial charge is 0.303 e. The zero-order chi connectivity index (χ0) is 19.6. The van der Waals surface area contributed by atoms with E-state index in [0.29, 0.717) is 12.0 Å². The predicted molar refractivity (Wildman–Crippen MR) is 103 cm³/mol. The molecular weight excluding hydrogens is 363 g/mol. The molecule has 0 unspecified atom stereocenters. The molecule has 3 heterocycles. The van der Waals surface area contributed by atoms with Crippen LogP contribution in [0.2, 0.25) is 0 Å². The number of hydrogen-bond donors (Lipinski definition) is 0. The predicted octanol–water partition coefficient (Wildman–Crippen LogP) is 5.12. The Morgan fingerprint density at radius 2 is 2.00 bits per heavy atom. The van der Waals surface area contributed by atoms with E-state index in [-0.39, 0.29) is 0 Å². The quantitative estimate of drug-likeness (QED) is 0.581. The van der Waals surface area contributed by atoms with Crippen LogP contribution in [-0.2, 0) is 19.1 Å². The molecule has 1 saturated heterocycles. The maximum absolute atomic E-state index is 12.9. The summed E-state index contributed by atoms with van der Waals surface area (Å²) in [6, 6.07) is 11.6. The number of rotatable bonds is 4. The molecule has 0 aliphatic carbocycles. The summed E-state index contributed by atoms with van der Waals surface area (Å²) in [5, 5.41) is 0. The van der Waals surface area contributed by atoms with Gasteiger partial charge in [-0.25, -0.2) is 4.98 Å². The number of piperidine rings is 1. The van der Waals surface area contributed by atoms with Gasteiger partial charge in [-0.2, -0.15) is 13.2 Å². The minimum atomic E-state index is -4.29. The van der Waals surface area contributed by atoms with Crippen LogP contribution in [0.3, 0.4) is 0 Å². The van der Waals surface area contributed by atoms with Crippen LogP contribution in [0.1, 0.15) is 29.7 Å². The first kappa shape index (κ1) is 18.7. The second kappa shape index (κ2) is 7.80. The minimum absolute atomic E-state index is 0.530. The van der Waals surface area contributed by atoms with Gasteiger partial charge < -0.3 is 4.40 Å². The summed E-state index contributed by atoms with van der Waals surface area (Å²) >= 11 is 0. The van der Waals surface area contributed by atoms with Crippen LogP contribution in [-0.4, -0.2) is 27.4 Å². The monoisotopic (exact) mass is 385 g/mol. The number of hydrogen-bond acceptors (Lipinski definition) is 2. The number of likely N-dealkylation sites (tertiary alicyclic amines) is 1. The summed E-state index contributed by atoms with van der Waals surface area (Å²) in [7, 11) is 0. The van der Waals surface area contributed by atoms with Gasteiger partial charge in [0.1, 0.15) is 5.65 Å². The first-order valence-electron chi connectivity index (χ1n) is 9.46. The number of halogens is 3. The molecule has 0 amide bonds. The highest BCUT2D eigenvalue weighted by Crippen LogP contribution is 2.30. The number of alkyl halides is 3. The highest BCUT2D eigenvalue weighted by atomic mass is 19.4. The Hall–Kier alpha value is -2.60. The lowest BCUT2D eigenvalue weighted by Crippen LogP contribution is -2.31. The molecule has 0 atom stereocenters. The van der Waals surface area contributed by atoms with Crippen LogP contribution < -0.4 is 0 Å². The summed E-state index contributed by atoms with van der Waals surface area (Å²) in [4.78, 5) is 6.81. The van der Waals surface area contributed by atoms with Crippen LogP contribution >= 0.6 is 0 Å². The molecule has 1 aliphatic rings. The van der Waals surface area contributed by atoms with E-state index in [1.807, 2.05) is 30.6 Å². The molecule has 1 aromatic carbocycles. The molecule has 0 saturated carbocycles. The largest absolute Gasteiger partial charge is 0.416 e. The van der Waals surface area contributed by atoms with Crippen molar-refractivity contribution in [3.63, 3.8) is 0 Å². The Morgan fingerprint density at radius 1 is 1.11 bits per heavy atom. The summed E-state index contributed by atoms with van der Waals surface area (Å²) in [6.45, 7) is 2.67. The number of fused-ring (bicyclic) bond motifs is 1. The lowest BCUT2D eigenvalue weighted by molar-refractivity contribution is -0.137. The van der Waals surface area contributed by atoms with E-state index < -0.39 is 11.7 Å². The van der Waals surface area contributed by atoms with Gasteiger partial charge in [-0.3, -0.25) is 4.90 Å². The van der Waals surface area contributed by atoms with E-state index in [4.69, 9.17) is 0 Å². The molecule has 28 heavy (non-hydrogen) atoms. The van der Waals surface area contributed by atoms with Crippen LogP contribution in [0, 0.1) is 0 Å². The van der Waals surface area contributed by atoms with E-state index >= 15 is 0 Å². The highest BCUT2D eigenvalue weighted by molar-refractivity contribution is 5.39. The topological polar surface area (TPSA) is 20.5 Å². The van der Waals surface area contributed by atoms with Gasteiger partial charge in [0.05, 0.1) is 17.5 Å². The Bertz CT molecular complexity index is 988. The summed E-state index contributed by atoms with van der Waals surface area (Å²) in [5.41, 5.74) is 3.49. The Morgan fingerprint density at radius 3 is 2.86 bits per heavy atom. The number of nitrogens with zero attached hydrogens (tertiary/aromatic N) is 3. The van der Waals surface area contributed by atoms with Crippen molar-refractivity contribution in [2.24, 2.45) is 0 Å².